The fourth-order valence-corrected chi connectivity index (χ4v) is 1.88. The van der Waals surface area contributed by atoms with Crippen molar-refractivity contribution in [3.8, 4) is 0 Å². The third-order valence-electron chi connectivity index (χ3n) is 2.99. The first-order chi connectivity index (χ1) is 10.2. The number of nitrogens with zero attached hydrogens (tertiary/aromatic N) is 2. The lowest BCUT2D eigenvalue weighted by Gasteiger charge is -2.12. The highest BCUT2D eigenvalue weighted by atomic mass is 16.6. The fourth-order valence-electron chi connectivity index (χ4n) is 1.88. The summed E-state index contributed by atoms with van der Waals surface area (Å²) in [4.78, 5) is 12.7. The predicted octanol–water partition coefficient (Wildman–Crippen LogP) is 3.95. The van der Waals surface area contributed by atoms with E-state index in [1.165, 1.54) is 6.08 Å². The van der Waals surface area contributed by atoms with Crippen LogP contribution in [0.4, 0.5) is 5.69 Å². The average Bonchev–Trinajstić information content (AvgIpc) is 2.52. The van der Waals surface area contributed by atoms with E-state index in [1.54, 1.807) is 36.5 Å². The van der Waals surface area contributed by atoms with Gasteiger partial charge in [0.25, 0.3) is 5.70 Å². The molecule has 21 heavy (non-hydrogen) atoms. The Bertz CT molecular complexity index is 649. The van der Waals surface area contributed by atoms with Gasteiger partial charge >= 0.3 is 0 Å². The zero-order chi connectivity index (χ0) is 15.1. The number of benzene rings is 2. The summed E-state index contributed by atoms with van der Waals surface area (Å²) in [5.74, 6) is 0. The molecule has 0 atom stereocenters. The number of hydrogen-bond acceptors (Lipinski definition) is 3. The van der Waals surface area contributed by atoms with Crippen LogP contribution in [0.2, 0.25) is 0 Å². The van der Waals surface area contributed by atoms with Gasteiger partial charge in [-0.15, -0.1) is 0 Å². The molecule has 2 aromatic carbocycles. The molecule has 0 spiro atoms. The summed E-state index contributed by atoms with van der Waals surface area (Å²) in [5.41, 5.74) is 1.69. The van der Waals surface area contributed by atoms with Gasteiger partial charge in [0, 0.05) is 25.0 Å². The Balaban J connectivity index is 2.17. The normalized spacial score (nSPS) is 11.6. The smallest absolute Gasteiger partial charge is 0.276 e. The van der Waals surface area contributed by atoms with Crippen molar-refractivity contribution in [2.24, 2.45) is 0 Å². The van der Waals surface area contributed by atoms with Gasteiger partial charge in [0.15, 0.2) is 0 Å². The van der Waals surface area contributed by atoms with E-state index in [0.29, 0.717) is 5.56 Å². The molecule has 2 aromatic rings. The topological polar surface area (TPSA) is 46.4 Å². The summed E-state index contributed by atoms with van der Waals surface area (Å²) in [6, 6.07) is 18.6. The highest BCUT2D eigenvalue weighted by molar-refractivity contribution is 5.60. The van der Waals surface area contributed by atoms with E-state index in [4.69, 9.17) is 0 Å². The third-order valence-corrected chi connectivity index (χ3v) is 2.99. The van der Waals surface area contributed by atoms with E-state index in [1.807, 2.05) is 48.3 Å². The van der Waals surface area contributed by atoms with Crippen LogP contribution in [0.5, 0.6) is 0 Å². The quantitative estimate of drug-likeness (QED) is 0.473. The Morgan fingerprint density at radius 2 is 1.62 bits per heavy atom. The lowest BCUT2D eigenvalue weighted by atomic mass is 10.1. The van der Waals surface area contributed by atoms with Crippen molar-refractivity contribution in [2.45, 2.75) is 0 Å². The molecule has 4 heteroatoms. The summed E-state index contributed by atoms with van der Waals surface area (Å²) < 4.78 is 0. The first kappa shape index (κ1) is 14.5. The average molecular weight is 280 g/mol. The van der Waals surface area contributed by atoms with E-state index in [2.05, 4.69) is 0 Å². The Hall–Kier alpha value is -2.88. The summed E-state index contributed by atoms with van der Waals surface area (Å²) in [5, 5.41) is 11.1. The predicted molar refractivity (Wildman–Crippen MR) is 85.4 cm³/mol. The molecule has 0 saturated carbocycles. The molecular formula is C17H16N2O2. The van der Waals surface area contributed by atoms with E-state index in [0.717, 1.165) is 5.69 Å². The third kappa shape index (κ3) is 4.04. The Kier molecular flexibility index (Phi) is 4.88. The van der Waals surface area contributed by atoms with E-state index >= 15 is 0 Å². The SMILES string of the molecule is CN(C=CC=C(c1ccccc1)[N+](=O)[O-])c1ccccc1. The van der Waals surface area contributed by atoms with Crippen molar-refractivity contribution < 1.29 is 4.92 Å². The van der Waals surface area contributed by atoms with Gasteiger partial charge in [-0.1, -0.05) is 36.4 Å². The van der Waals surface area contributed by atoms with Gasteiger partial charge in [0.2, 0.25) is 0 Å². The Labute approximate surface area is 123 Å². The van der Waals surface area contributed by atoms with Gasteiger partial charge < -0.3 is 4.90 Å². The minimum atomic E-state index is -0.373. The Morgan fingerprint density at radius 3 is 2.19 bits per heavy atom. The molecule has 0 aliphatic rings. The van der Waals surface area contributed by atoms with E-state index in [9.17, 15) is 10.1 Å². The second-order valence-corrected chi connectivity index (χ2v) is 4.46. The molecule has 0 saturated heterocycles. The highest BCUT2D eigenvalue weighted by Crippen LogP contribution is 2.15. The maximum absolute atomic E-state index is 11.1. The summed E-state index contributed by atoms with van der Waals surface area (Å²) >= 11 is 0. The van der Waals surface area contributed by atoms with Crippen LogP contribution in [0, 0.1) is 10.1 Å². The molecule has 0 bridgehead atoms. The molecule has 2 rings (SSSR count). The fraction of sp³-hybridized carbons (Fsp3) is 0.0588. The van der Waals surface area contributed by atoms with E-state index in [-0.39, 0.29) is 10.6 Å². The standard InChI is InChI=1S/C17H16N2O2/c1-18(16-11-6-3-7-12-16)14-8-13-17(19(20)21)15-9-4-2-5-10-15/h2-14H,1H3. The number of para-hydroxylation sites is 1. The molecule has 0 unspecified atom stereocenters. The van der Waals surface area contributed by atoms with Crippen molar-refractivity contribution in [3.63, 3.8) is 0 Å². The van der Waals surface area contributed by atoms with Gasteiger partial charge in [-0.05, 0) is 30.3 Å². The molecule has 0 aliphatic carbocycles. The van der Waals surface area contributed by atoms with Crippen LogP contribution in [0.1, 0.15) is 5.56 Å². The van der Waals surface area contributed by atoms with Gasteiger partial charge in [-0.3, -0.25) is 10.1 Å². The molecular weight excluding hydrogens is 264 g/mol. The highest BCUT2D eigenvalue weighted by Gasteiger charge is 2.11. The maximum atomic E-state index is 11.1. The summed E-state index contributed by atoms with van der Waals surface area (Å²) in [7, 11) is 1.90. The largest absolute Gasteiger partial charge is 0.351 e. The van der Waals surface area contributed by atoms with Gasteiger partial charge in [0.05, 0.1) is 10.5 Å². The number of anilines is 1. The molecule has 0 aromatic heterocycles. The number of nitro groups is 1. The molecule has 0 amide bonds. The second kappa shape index (κ2) is 7.05. The molecule has 0 radical (unpaired) electrons. The van der Waals surface area contributed by atoms with Crippen molar-refractivity contribution in [3.05, 3.63) is 94.7 Å². The lowest BCUT2D eigenvalue weighted by molar-refractivity contribution is -0.375. The van der Waals surface area contributed by atoms with Gasteiger partial charge in [-0.2, -0.15) is 0 Å². The van der Waals surface area contributed by atoms with Crippen LogP contribution in [0.25, 0.3) is 5.70 Å². The number of allylic oxidation sites excluding steroid dienone is 2. The molecule has 4 nitrogen and oxygen atoms in total. The minimum absolute atomic E-state index is 0.0771. The molecule has 0 heterocycles. The minimum Gasteiger partial charge on any atom is -0.351 e. The first-order valence-corrected chi connectivity index (χ1v) is 6.54. The second-order valence-electron chi connectivity index (χ2n) is 4.46. The molecule has 106 valence electrons. The number of rotatable bonds is 5. The van der Waals surface area contributed by atoms with Gasteiger partial charge in [-0.25, -0.2) is 0 Å². The van der Waals surface area contributed by atoms with Crippen molar-refractivity contribution in [1.29, 1.82) is 0 Å². The van der Waals surface area contributed by atoms with Crippen LogP contribution >= 0.6 is 0 Å². The van der Waals surface area contributed by atoms with Crippen molar-refractivity contribution in [2.75, 3.05) is 11.9 Å². The molecule has 0 N–H and O–H groups in total. The zero-order valence-corrected chi connectivity index (χ0v) is 11.7. The summed E-state index contributed by atoms with van der Waals surface area (Å²) in [6.45, 7) is 0. The van der Waals surface area contributed by atoms with Crippen LogP contribution in [0.3, 0.4) is 0 Å². The van der Waals surface area contributed by atoms with Crippen LogP contribution in [-0.4, -0.2) is 12.0 Å². The summed E-state index contributed by atoms with van der Waals surface area (Å²) in [6.07, 6.45) is 4.98. The van der Waals surface area contributed by atoms with Crippen molar-refractivity contribution >= 4 is 11.4 Å². The number of hydrogen-bond donors (Lipinski definition) is 0. The van der Waals surface area contributed by atoms with Crippen LogP contribution in [0.15, 0.2) is 79.0 Å². The van der Waals surface area contributed by atoms with Crippen LogP contribution < -0.4 is 4.90 Å². The monoisotopic (exact) mass is 280 g/mol. The first-order valence-electron chi connectivity index (χ1n) is 6.54. The van der Waals surface area contributed by atoms with Crippen molar-refractivity contribution in [1.82, 2.24) is 0 Å². The zero-order valence-electron chi connectivity index (χ0n) is 11.7. The molecule has 0 aliphatic heterocycles. The lowest BCUT2D eigenvalue weighted by Crippen LogP contribution is -2.07. The maximum Gasteiger partial charge on any atom is 0.276 e. The van der Waals surface area contributed by atoms with E-state index < -0.39 is 0 Å². The van der Waals surface area contributed by atoms with Gasteiger partial charge in [0.1, 0.15) is 0 Å². The molecule has 0 fully saturated rings. The van der Waals surface area contributed by atoms with Crippen LogP contribution in [-0.2, 0) is 0 Å². The Morgan fingerprint density at radius 1 is 1.05 bits per heavy atom.